The molecule has 0 saturated carbocycles. The number of hydrogen-bond donors (Lipinski definition) is 10. The number of nitrogens with zero attached hydrogens (tertiary/aromatic N) is 1. The third-order valence-corrected chi connectivity index (χ3v) is 5.91. The van der Waals surface area contributed by atoms with E-state index in [1.165, 1.54) is 12.1 Å². The molecule has 0 bridgehead atoms. The van der Waals surface area contributed by atoms with Gasteiger partial charge in [-0.1, -0.05) is 12.1 Å². The zero-order valence-electron chi connectivity index (χ0n) is 23.0. The second-order valence-electron chi connectivity index (χ2n) is 9.46. The molecule has 0 heterocycles. The van der Waals surface area contributed by atoms with Crippen LogP contribution in [0.2, 0.25) is 0 Å². The fraction of sp³-hybridized carbons (Fsp3) is 0.480. The molecule has 0 aliphatic heterocycles. The molecule has 5 amide bonds. The van der Waals surface area contributed by atoms with Crippen LogP contribution in [0.4, 0.5) is 0 Å². The number of primary amides is 2. The predicted octanol–water partition coefficient (Wildman–Crippen LogP) is -3.61. The lowest BCUT2D eigenvalue weighted by molar-refractivity contribution is -0.142. The van der Waals surface area contributed by atoms with E-state index in [9.17, 15) is 39.0 Å². The molecule has 0 aliphatic rings. The van der Waals surface area contributed by atoms with Gasteiger partial charge in [-0.05, 0) is 49.8 Å². The Labute approximate surface area is 241 Å². The minimum atomic E-state index is -1.51. The van der Waals surface area contributed by atoms with Crippen molar-refractivity contribution in [1.29, 1.82) is 0 Å². The summed E-state index contributed by atoms with van der Waals surface area (Å²) in [5.41, 5.74) is 27.6. The third-order valence-electron chi connectivity index (χ3n) is 5.91. The van der Waals surface area contributed by atoms with Gasteiger partial charge in [-0.15, -0.1) is 0 Å². The van der Waals surface area contributed by atoms with Gasteiger partial charge in [0, 0.05) is 19.4 Å². The van der Waals surface area contributed by atoms with Crippen molar-refractivity contribution in [2.75, 3.05) is 6.54 Å². The lowest BCUT2D eigenvalue weighted by Gasteiger charge is -2.25. The maximum Gasteiger partial charge on any atom is 0.326 e. The minimum Gasteiger partial charge on any atom is -0.508 e. The predicted molar refractivity (Wildman–Crippen MR) is 150 cm³/mol. The monoisotopic (exact) mass is 593 g/mol. The number of nitrogens with one attached hydrogen (secondary N) is 3. The van der Waals surface area contributed by atoms with Crippen LogP contribution in [0.3, 0.4) is 0 Å². The highest BCUT2D eigenvalue weighted by Gasteiger charge is 2.30. The number of rotatable bonds is 19. The smallest absolute Gasteiger partial charge is 0.326 e. The molecule has 4 unspecified atom stereocenters. The molecule has 0 radical (unpaired) electrons. The van der Waals surface area contributed by atoms with E-state index >= 15 is 0 Å². The van der Waals surface area contributed by atoms with Crippen molar-refractivity contribution >= 4 is 41.5 Å². The van der Waals surface area contributed by atoms with Crippen LogP contribution in [0.15, 0.2) is 29.3 Å². The first-order valence-electron chi connectivity index (χ1n) is 13.0. The second kappa shape index (κ2) is 17.7. The van der Waals surface area contributed by atoms with E-state index in [0.29, 0.717) is 5.56 Å². The third kappa shape index (κ3) is 13.9. The van der Waals surface area contributed by atoms with E-state index in [0.717, 1.165) is 0 Å². The molecule has 1 aromatic rings. The van der Waals surface area contributed by atoms with Crippen LogP contribution in [-0.4, -0.2) is 82.4 Å². The Morgan fingerprint density at radius 2 is 1.21 bits per heavy atom. The number of carboxylic acid groups (broad SMARTS) is 1. The number of guanidine groups is 1. The molecule has 0 fully saturated rings. The molecule has 4 atom stereocenters. The first-order chi connectivity index (χ1) is 19.7. The summed E-state index contributed by atoms with van der Waals surface area (Å²) < 4.78 is 0. The number of aliphatic carboxylic acids is 1. The van der Waals surface area contributed by atoms with E-state index in [2.05, 4.69) is 20.9 Å². The molecule has 0 saturated heterocycles. The number of nitrogens with two attached hydrogens (primary N) is 5. The van der Waals surface area contributed by atoms with Gasteiger partial charge in [0.25, 0.3) is 0 Å². The zero-order valence-corrected chi connectivity index (χ0v) is 23.0. The maximum atomic E-state index is 13.3. The Kier molecular flexibility index (Phi) is 14.8. The fourth-order valence-corrected chi connectivity index (χ4v) is 3.67. The highest BCUT2D eigenvalue weighted by Crippen LogP contribution is 2.11. The normalized spacial score (nSPS) is 13.5. The van der Waals surface area contributed by atoms with Crippen LogP contribution in [-0.2, 0) is 35.2 Å². The van der Waals surface area contributed by atoms with Crippen molar-refractivity contribution in [3.8, 4) is 5.75 Å². The first-order valence-corrected chi connectivity index (χ1v) is 13.0. The van der Waals surface area contributed by atoms with E-state index < -0.39 is 59.7 Å². The Balaban J connectivity index is 3.08. The largest absolute Gasteiger partial charge is 0.508 e. The van der Waals surface area contributed by atoms with Crippen molar-refractivity contribution in [3.05, 3.63) is 29.8 Å². The molecule has 0 aromatic heterocycles. The van der Waals surface area contributed by atoms with Gasteiger partial charge in [-0.25, -0.2) is 4.79 Å². The zero-order chi connectivity index (χ0) is 31.8. The van der Waals surface area contributed by atoms with Crippen LogP contribution in [0, 0.1) is 0 Å². The summed E-state index contributed by atoms with van der Waals surface area (Å²) in [7, 11) is 0. The Hall–Kier alpha value is -4.93. The second-order valence-corrected chi connectivity index (χ2v) is 9.46. The minimum absolute atomic E-state index is 0.0147. The average molecular weight is 594 g/mol. The molecule has 42 heavy (non-hydrogen) atoms. The quantitative estimate of drug-likeness (QED) is 0.0424. The number of aliphatic imine (C=N–C) groups is 1. The van der Waals surface area contributed by atoms with Gasteiger partial charge in [0.2, 0.25) is 29.5 Å². The van der Waals surface area contributed by atoms with Gasteiger partial charge in [0.1, 0.15) is 23.9 Å². The van der Waals surface area contributed by atoms with Gasteiger partial charge in [0.15, 0.2) is 5.96 Å². The topological polar surface area (TPSA) is 321 Å². The van der Waals surface area contributed by atoms with E-state index in [1.54, 1.807) is 12.1 Å². The molecular weight excluding hydrogens is 554 g/mol. The summed E-state index contributed by atoms with van der Waals surface area (Å²) in [6, 6.07) is 0.772. The van der Waals surface area contributed by atoms with Gasteiger partial charge < -0.3 is 54.8 Å². The molecule has 15 N–H and O–H groups in total. The van der Waals surface area contributed by atoms with Crippen molar-refractivity contribution in [2.45, 2.75) is 69.1 Å². The standard InChI is InChI=1S/C25H39N9O8/c26-15(12-13-3-5-14(35)6-4-13)21(38)32-16(2-1-11-31-25(29)30)22(39)33-17(7-9-19(27)36)23(40)34-18(24(41)42)8-10-20(28)37/h3-6,15-18,35H,1-2,7-12,26H2,(H2,27,36)(H2,28,37)(H,32,38)(H,33,39)(H,34,40)(H,41,42)(H4,29,30,31). The summed E-state index contributed by atoms with van der Waals surface area (Å²) in [5, 5.41) is 26.0. The van der Waals surface area contributed by atoms with Crippen LogP contribution < -0.4 is 44.6 Å². The lowest BCUT2D eigenvalue weighted by Crippen LogP contribution is -2.57. The number of carbonyl (C=O) groups excluding carboxylic acids is 5. The number of benzene rings is 1. The van der Waals surface area contributed by atoms with Crippen LogP contribution in [0.1, 0.15) is 44.1 Å². The molecule has 0 spiro atoms. The molecule has 1 aromatic carbocycles. The van der Waals surface area contributed by atoms with Gasteiger partial charge in [0.05, 0.1) is 6.04 Å². The van der Waals surface area contributed by atoms with Crippen molar-refractivity contribution in [1.82, 2.24) is 16.0 Å². The number of hydrogen-bond acceptors (Lipinski definition) is 9. The lowest BCUT2D eigenvalue weighted by atomic mass is 10.0. The van der Waals surface area contributed by atoms with E-state index in [-0.39, 0.29) is 63.2 Å². The van der Waals surface area contributed by atoms with Crippen LogP contribution in [0.25, 0.3) is 0 Å². The number of phenolic OH excluding ortho intramolecular Hbond substituents is 1. The highest BCUT2D eigenvalue weighted by atomic mass is 16.4. The maximum absolute atomic E-state index is 13.3. The fourth-order valence-electron chi connectivity index (χ4n) is 3.67. The molecule has 17 heteroatoms. The Morgan fingerprint density at radius 1 is 0.738 bits per heavy atom. The number of carbonyl (C=O) groups is 6. The summed E-state index contributed by atoms with van der Waals surface area (Å²) >= 11 is 0. The van der Waals surface area contributed by atoms with E-state index in [1.807, 2.05) is 0 Å². The Morgan fingerprint density at radius 3 is 1.71 bits per heavy atom. The molecule has 1 rings (SSSR count). The summed E-state index contributed by atoms with van der Waals surface area (Å²) in [4.78, 5) is 76.9. The van der Waals surface area contributed by atoms with Crippen LogP contribution >= 0.6 is 0 Å². The number of aromatic hydroxyl groups is 1. The van der Waals surface area contributed by atoms with Crippen molar-refractivity contribution < 1.29 is 39.0 Å². The Bertz CT molecular complexity index is 1140. The molecular formula is C25H39N9O8. The summed E-state index contributed by atoms with van der Waals surface area (Å²) in [6.07, 6.45) is -0.934. The first kappa shape index (κ1) is 35.1. The summed E-state index contributed by atoms with van der Waals surface area (Å²) in [5.74, 6) is -5.65. The molecule has 0 aliphatic carbocycles. The van der Waals surface area contributed by atoms with Crippen LogP contribution in [0.5, 0.6) is 5.75 Å². The van der Waals surface area contributed by atoms with Gasteiger partial charge in [-0.3, -0.25) is 29.0 Å². The van der Waals surface area contributed by atoms with Gasteiger partial charge >= 0.3 is 5.97 Å². The van der Waals surface area contributed by atoms with E-state index in [4.69, 9.17) is 28.7 Å². The number of amides is 5. The van der Waals surface area contributed by atoms with Crippen molar-refractivity contribution in [3.63, 3.8) is 0 Å². The SMILES string of the molecule is NC(=O)CCC(NC(=O)C(CCC(N)=O)NC(=O)C(CCCN=C(N)N)NC(=O)C(N)Cc1ccc(O)cc1)C(=O)O. The number of carboxylic acids is 1. The average Bonchev–Trinajstić information content (AvgIpc) is 2.90. The number of phenols is 1. The van der Waals surface area contributed by atoms with Gasteiger partial charge in [-0.2, -0.15) is 0 Å². The molecule has 17 nitrogen and oxygen atoms in total. The highest BCUT2D eigenvalue weighted by molar-refractivity contribution is 5.94. The molecule has 232 valence electrons. The summed E-state index contributed by atoms with van der Waals surface area (Å²) in [6.45, 7) is 0.118. The van der Waals surface area contributed by atoms with Crippen molar-refractivity contribution in [2.24, 2.45) is 33.7 Å².